The van der Waals surface area contributed by atoms with Crippen LogP contribution in [0.3, 0.4) is 0 Å². The summed E-state index contributed by atoms with van der Waals surface area (Å²) in [4.78, 5) is 16.1. The molecule has 0 spiro atoms. The van der Waals surface area contributed by atoms with Gasteiger partial charge in [-0.05, 0) is 24.5 Å². The van der Waals surface area contributed by atoms with Gasteiger partial charge in [0.15, 0.2) is 0 Å². The summed E-state index contributed by atoms with van der Waals surface area (Å²) in [5.74, 6) is 1.01. The monoisotopic (exact) mass is 270 g/mol. The molecule has 0 saturated carbocycles. The number of carbonyl (C=O) groups excluding carboxylic acids is 1. The van der Waals surface area contributed by atoms with Crippen LogP contribution in [0.15, 0.2) is 18.3 Å². The maximum Gasteiger partial charge on any atom is 0.256 e. The van der Waals surface area contributed by atoms with E-state index in [4.69, 9.17) is 16.3 Å². The number of amides is 1. The Hall–Kier alpha value is -1.29. The first-order valence-electron chi connectivity index (χ1n) is 5.96. The van der Waals surface area contributed by atoms with Crippen LogP contribution in [0.4, 0.5) is 0 Å². The van der Waals surface area contributed by atoms with Gasteiger partial charge in [0.2, 0.25) is 5.88 Å². The minimum absolute atomic E-state index is 0.0555. The number of nitrogens with zero attached hydrogens (tertiary/aromatic N) is 1. The number of methoxy groups -OCH3 is 1. The van der Waals surface area contributed by atoms with Gasteiger partial charge in [0.05, 0.1) is 7.11 Å². The van der Waals surface area contributed by atoms with E-state index in [2.05, 4.69) is 24.1 Å². The van der Waals surface area contributed by atoms with Crippen LogP contribution in [-0.2, 0) is 0 Å². The molecule has 1 aromatic rings. The number of halogens is 1. The number of nitrogens with one attached hydrogen (secondary N) is 1. The second kappa shape index (κ2) is 7.21. The lowest BCUT2D eigenvalue weighted by molar-refractivity contribution is 0.0921. The summed E-state index contributed by atoms with van der Waals surface area (Å²) in [7, 11) is 1.50. The second-order valence-electron chi connectivity index (χ2n) is 4.36. The van der Waals surface area contributed by atoms with Gasteiger partial charge in [-0.25, -0.2) is 4.98 Å². The third-order valence-corrected chi connectivity index (χ3v) is 2.97. The predicted molar refractivity (Wildman–Crippen MR) is 72.2 cm³/mol. The summed E-state index contributed by atoms with van der Waals surface area (Å²) in [6.07, 6.45) is 2.34. The quantitative estimate of drug-likeness (QED) is 0.808. The van der Waals surface area contributed by atoms with Crippen molar-refractivity contribution < 1.29 is 9.53 Å². The molecule has 1 heterocycles. The van der Waals surface area contributed by atoms with E-state index in [0.29, 0.717) is 23.2 Å². The summed E-state index contributed by atoms with van der Waals surface area (Å²) in [6, 6.07) is 3.46. The molecule has 0 bridgehead atoms. The van der Waals surface area contributed by atoms with E-state index in [-0.39, 0.29) is 11.9 Å². The minimum atomic E-state index is -0.177. The largest absolute Gasteiger partial charge is 0.480 e. The number of ether oxygens (including phenoxy) is 1. The molecule has 1 atom stereocenters. The van der Waals surface area contributed by atoms with Crippen LogP contribution in [0.5, 0.6) is 5.88 Å². The van der Waals surface area contributed by atoms with E-state index >= 15 is 0 Å². The van der Waals surface area contributed by atoms with Crippen LogP contribution in [0, 0.1) is 5.92 Å². The van der Waals surface area contributed by atoms with Crippen molar-refractivity contribution in [3.63, 3.8) is 0 Å². The summed E-state index contributed by atoms with van der Waals surface area (Å²) in [5.41, 5.74) is 0.445. The van der Waals surface area contributed by atoms with Gasteiger partial charge in [0, 0.05) is 18.1 Å². The number of aromatic nitrogens is 1. The molecule has 4 nitrogen and oxygen atoms in total. The molecule has 0 aliphatic heterocycles. The van der Waals surface area contributed by atoms with Gasteiger partial charge in [-0.15, -0.1) is 11.6 Å². The average molecular weight is 271 g/mol. The van der Waals surface area contributed by atoms with E-state index < -0.39 is 0 Å². The number of rotatable bonds is 6. The molecule has 5 heteroatoms. The Balaban J connectivity index is 2.80. The van der Waals surface area contributed by atoms with E-state index in [1.165, 1.54) is 7.11 Å². The zero-order valence-electron chi connectivity index (χ0n) is 10.9. The van der Waals surface area contributed by atoms with Crippen molar-refractivity contribution in [2.45, 2.75) is 26.3 Å². The molecule has 1 unspecified atom stereocenters. The van der Waals surface area contributed by atoms with Crippen molar-refractivity contribution in [3.8, 4) is 5.88 Å². The highest BCUT2D eigenvalue weighted by Gasteiger charge is 2.19. The fourth-order valence-corrected chi connectivity index (χ4v) is 1.90. The van der Waals surface area contributed by atoms with Crippen LogP contribution in [0.2, 0.25) is 0 Å². The molecular weight excluding hydrogens is 252 g/mol. The number of hydrogen-bond acceptors (Lipinski definition) is 3. The lowest BCUT2D eigenvalue weighted by atomic mass is 10.0. The Morgan fingerprint density at radius 1 is 1.56 bits per heavy atom. The minimum Gasteiger partial charge on any atom is -0.480 e. The molecule has 0 aromatic carbocycles. The smallest absolute Gasteiger partial charge is 0.256 e. The molecule has 1 N–H and O–H groups in total. The van der Waals surface area contributed by atoms with Crippen LogP contribution >= 0.6 is 11.6 Å². The van der Waals surface area contributed by atoms with Gasteiger partial charge >= 0.3 is 0 Å². The summed E-state index contributed by atoms with van der Waals surface area (Å²) in [5, 5.41) is 2.96. The molecule has 0 radical (unpaired) electrons. The van der Waals surface area contributed by atoms with Gasteiger partial charge < -0.3 is 10.1 Å². The van der Waals surface area contributed by atoms with Crippen molar-refractivity contribution in [1.29, 1.82) is 0 Å². The van der Waals surface area contributed by atoms with Gasteiger partial charge in [-0.3, -0.25) is 4.79 Å². The van der Waals surface area contributed by atoms with E-state index in [1.54, 1.807) is 18.3 Å². The fraction of sp³-hybridized carbons (Fsp3) is 0.538. The summed E-state index contributed by atoms with van der Waals surface area (Å²) < 4.78 is 5.07. The SMILES string of the molecule is COc1ncccc1C(=O)NC(CCCl)C(C)C. The Kier molecular flexibility index (Phi) is 5.92. The number of pyridine rings is 1. The zero-order chi connectivity index (χ0) is 13.5. The molecule has 0 aliphatic rings. The molecule has 1 aromatic heterocycles. The van der Waals surface area contributed by atoms with Crippen LogP contribution in [0.25, 0.3) is 0 Å². The topological polar surface area (TPSA) is 51.2 Å². The lowest BCUT2D eigenvalue weighted by Gasteiger charge is -2.21. The molecule has 18 heavy (non-hydrogen) atoms. The van der Waals surface area contributed by atoms with Crippen molar-refractivity contribution >= 4 is 17.5 Å². The molecule has 0 fully saturated rings. The highest BCUT2D eigenvalue weighted by Crippen LogP contribution is 2.15. The maximum absolute atomic E-state index is 12.1. The molecule has 0 aliphatic carbocycles. The standard InChI is InChI=1S/C13H19ClN2O2/c1-9(2)11(6-7-14)16-12(17)10-5-4-8-15-13(10)18-3/h4-5,8-9,11H,6-7H2,1-3H3,(H,16,17). The molecular formula is C13H19ClN2O2. The number of hydrogen-bond donors (Lipinski definition) is 1. The third kappa shape index (κ3) is 3.88. The summed E-state index contributed by atoms with van der Waals surface area (Å²) >= 11 is 5.74. The zero-order valence-corrected chi connectivity index (χ0v) is 11.7. The van der Waals surface area contributed by atoms with E-state index in [0.717, 1.165) is 6.42 Å². The highest BCUT2D eigenvalue weighted by atomic mass is 35.5. The molecule has 1 rings (SSSR count). The van der Waals surface area contributed by atoms with Crippen molar-refractivity contribution in [3.05, 3.63) is 23.9 Å². The first kappa shape index (κ1) is 14.8. The first-order valence-corrected chi connectivity index (χ1v) is 6.49. The lowest BCUT2D eigenvalue weighted by Crippen LogP contribution is -2.39. The Bertz CT molecular complexity index is 396. The first-order chi connectivity index (χ1) is 8.60. The van der Waals surface area contributed by atoms with Crippen molar-refractivity contribution in [2.75, 3.05) is 13.0 Å². The second-order valence-corrected chi connectivity index (χ2v) is 4.74. The van der Waals surface area contributed by atoms with Crippen molar-refractivity contribution in [1.82, 2.24) is 10.3 Å². The predicted octanol–water partition coefficient (Wildman–Crippen LogP) is 2.47. The van der Waals surface area contributed by atoms with Crippen LogP contribution < -0.4 is 10.1 Å². The third-order valence-electron chi connectivity index (χ3n) is 2.75. The van der Waals surface area contributed by atoms with Gasteiger partial charge in [-0.1, -0.05) is 13.8 Å². The van der Waals surface area contributed by atoms with Gasteiger partial charge in [0.1, 0.15) is 5.56 Å². The van der Waals surface area contributed by atoms with E-state index in [1.807, 2.05) is 0 Å². The Labute approximate surface area is 113 Å². The number of alkyl halides is 1. The van der Waals surface area contributed by atoms with Gasteiger partial charge in [-0.2, -0.15) is 0 Å². The Morgan fingerprint density at radius 3 is 2.83 bits per heavy atom. The fourth-order valence-electron chi connectivity index (χ4n) is 1.66. The maximum atomic E-state index is 12.1. The normalized spacial score (nSPS) is 12.3. The van der Waals surface area contributed by atoms with Crippen molar-refractivity contribution in [2.24, 2.45) is 5.92 Å². The average Bonchev–Trinajstić information content (AvgIpc) is 2.37. The molecule has 100 valence electrons. The molecule has 0 saturated heterocycles. The van der Waals surface area contributed by atoms with Crippen LogP contribution in [0.1, 0.15) is 30.6 Å². The van der Waals surface area contributed by atoms with Crippen LogP contribution in [-0.4, -0.2) is 29.9 Å². The molecule has 1 amide bonds. The van der Waals surface area contributed by atoms with E-state index in [9.17, 15) is 4.79 Å². The Morgan fingerprint density at radius 2 is 2.28 bits per heavy atom. The number of carbonyl (C=O) groups is 1. The highest BCUT2D eigenvalue weighted by molar-refractivity contribution is 6.17. The van der Waals surface area contributed by atoms with Gasteiger partial charge in [0.25, 0.3) is 5.91 Å². The summed E-state index contributed by atoms with van der Waals surface area (Å²) in [6.45, 7) is 4.11.